The average Bonchev–Trinajstić information content (AvgIpc) is 2.40. The molecule has 2 N–H and O–H groups in total. The first kappa shape index (κ1) is 12.6. The van der Waals surface area contributed by atoms with Crippen molar-refractivity contribution in [3.05, 3.63) is 0 Å². The standard InChI is InChI=1S/C7H7Br2NO5/c8-2-7(9,6(14)15)10-4(12)1-3(11)5(10)13/h3,11H,1-2H2,(H,14,15). The highest BCUT2D eigenvalue weighted by molar-refractivity contribution is 9.12. The SMILES string of the molecule is O=C1CC(O)C(=O)N1C(Br)(CBr)C(=O)O. The molecule has 0 spiro atoms. The molecule has 1 saturated heterocycles. The Morgan fingerprint density at radius 2 is 2.13 bits per heavy atom. The third-order valence-corrected chi connectivity index (χ3v) is 4.52. The number of carbonyl (C=O) groups excluding carboxylic acids is 2. The van der Waals surface area contributed by atoms with Gasteiger partial charge in [0.25, 0.3) is 5.91 Å². The van der Waals surface area contributed by atoms with Crippen LogP contribution in [0.2, 0.25) is 0 Å². The minimum atomic E-state index is -1.83. The molecule has 1 aliphatic rings. The number of halogens is 2. The van der Waals surface area contributed by atoms with Gasteiger partial charge in [-0.15, -0.1) is 0 Å². The number of nitrogens with zero attached hydrogens (tertiary/aromatic N) is 1. The maximum atomic E-state index is 11.4. The first-order chi connectivity index (χ1) is 6.84. The van der Waals surface area contributed by atoms with Gasteiger partial charge in [0.15, 0.2) is 0 Å². The molecule has 0 aromatic heterocycles. The van der Waals surface area contributed by atoms with E-state index in [-0.39, 0.29) is 11.8 Å². The predicted molar refractivity (Wildman–Crippen MR) is 55.6 cm³/mol. The number of hydrogen-bond acceptors (Lipinski definition) is 4. The second-order valence-electron chi connectivity index (χ2n) is 2.99. The van der Waals surface area contributed by atoms with Crippen molar-refractivity contribution in [2.75, 3.05) is 5.33 Å². The number of amides is 2. The maximum absolute atomic E-state index is 11.4. The smallest absolute Gasteiger partial charge is 0.342 e. The molecular formula is C7H7Br2NO5. The van der Waals surface area contributed by atoms with E-state index >= 15 is 0 Å². The Kier molecular flexibility index (Phi) is 3.51. The Labute approximate surface area is 101 Å². The predicted octanol–water partition coefficient (Wildman–Crippen LogP) is -0.323. The molecule has 0 bridgehead atoms. The fourth-order valence-electron chi connectivity index (χ4n) is 1.20. The van der Waals surface area contributed by atoms with Crippen LogP contribution in [-0.2, 0) is 14.4 Å². The molecule has 0 aliphatic carbocycles. The van der Waals surface area contributed by atoms with Crippen molar-refractivity contribution in [3.8, 4) is 0 Å². The number of aliphatic hydroxyl groups is 1. The number of carbonyl (C=O) groups is 3. The van der Waals surface area contributed by atoms with Crippen LogP contribution in [0.4, 0.5) is 0 Å². The molecule has 8 heteroatoms. The summed E-state index contributed by atoms with van der Waals surface area (Å²) in [7, 11) is 0. The summed E-state index contributed by atoms with van der Waals surface area (Å²) >= 11 is 5.71. The second kappa shape index (κ2) is 4.18. The van der Waals surface area contributed by atoms with Crippen molar-refractivity contribution in [3.63, 3.8) is 0 Å². The highest BCUT2D eigenvalue weighted by atomic mass is 79.9. The van der Waals surface area contributed by atoms with Crippen LogP contribution in [0.3, 0.4) is 0 Å². The molecule has 0 aromatic carbocycles. The minimum Gasteiger partial charge on any atom is -0.479 e. The van der Waals surface area contributed by atoms with E-state index in [1.165, 1.54) is 0 Å². The van der Waals surface area contributed by atoms with Crippen molar-refractivity contribution < 1.29 is 24.6 Å². The lowest BCUT2D eigenvalue weighted by atomic mass is 10.3. The third kappa shape index (κ3) is 1.93. The van der Waals surface area contributed by atoms with E-state index in [0.717, 1.165) is 0 Å². The lowest BCUT2D eigenvalue weighted by Gasteiger charge is -2.29. The van der Waals surface area contributed by atoms with Gasteiger partial charge in [0, 0.05) is 5.33 Å². The normalized spacial score (nSPS) is 25.5. The van der Waals surface area contributed by atoms with E-state index in [9.17, 15) is 14.4 Å². The molecule has 2 unspecified atom stereocenters. The summed E-state index contributed by atoms with van der Waals surface area (Å²) in [5.74, 6) is -3.00. The monoisotopic (exact) mass is 343 g/mol. The van der Waals surface area contributed by atoms with Crippen LogP contribution in [0.1, 0.15) is 6.42 Å². The molecule has 1 heterocycles. The number of rotatable bonds is 3. The Bertz CT molecular complexity index is 333. The maximum Gasteiger partial charge on any atom is 0.342 e. The van der Waals surface area contributed by atoms with Crippen LogP contribution in [0.25, 0.3) is 0 Å². The zero-order valence-electron chi connectivity index (χ0n) is 7.31. The first-order valence-corrected chi connectivity index (χ1v) is 5.79. The summed E-state index contributed by atoms with van der Waals surface area (Å²) in [6, 6.07) is 0. The van der Waals surface area contributed by atoms with Crippen LogP contribution in [-0.4, -0.2) is 48.8 Å². The van der Waals surface area contributed by atoms with Crippen LogP contribution in [0.15, 0.2) is 0 Å². The van der Waals surface area contributed by atoms with Crippen molar-refractivity contribution in [2.24, 2.45) is 0 Å². The van der Waals surface area contributed by atoms with Crippen LogP contribution in [0.5, 0.6) is 0 Å². The number of imide groups is 1. The molecule has 84 valence electrons. The Hall–Kier alpha value is -0.470. The summed E-state index contributed by atoms with van der Waals surface area (Å²) in [5.41, 5.74) is 0. The van der Waals surface area contributed by atoms with E-state index < -0.39 is 28.3 Å². The fraction of sp³-hybridized carbons (Fsp3) is 0.571. The third-order valence-electron chi connectivity index (χ3n) is 1.98. The number of aliphatic hydroxyl groups excluding tert-OH is 1. The van der Waals surface area contributed by atoms with Gasteiger partial charge in [0.2, 0.25) is 10.4 Å². The number of carboxylic acids is 1. The molecule has 0 radical (unpaired) electrons. The lowest BCUT2D eigenvalue weighted by molar-refractivity contribution is -0.155. The summed E-state index contributed by atoms with van der Waals surface area (Å²) in [6.07, 6.45) is -1.83. The van der Waals surface area contributed by atoms with Gasteiger partial charge in [-0.1, -0.05) is 15.9 Å². The van der Waals surface area contributed by atoms with E-state index in [0.29, 0.717) is 4.90 Å². The Balaban J connectivity index is 3.10. The second-order valence-corrected chi connectivity index (χ2v) is 4.86. The van der Waals surface area contributed by atoms with Gasteiger partial charge in [-0.3, -0.25) is 14.5 Å². The topological polar surface area (TPSA) is 94.9 Å². The molecule has 1 fully saturated rings. The summed E-state index contributed by atoms with van der Waals surface area (Å²) in [5, 5.41) is 17.9. The molecule has 1 rings (SSSR count). The number of aliphatic carboxylic acids is 1. The summed E-state index contributed by atoms with van der Waals surface area (Å²) in [4.78, 5) is 34.2. The van der Waals surface area contributed by atoms with Crippen molar-refractivity contribution in [1.82, 2.24) is 4.90 Å². The number of hydrogen-bond donors (Lipinski definition) is 2. The minimum absolute atomic E-state index is 0.167. The van der Waals surface area contributed by atoms with Crippen molar-refractivity contribution in [1.29, 1.82) is 0 Å². The van der Waals surface area contributed by atoms with Crippen LogP contribution in [0, 0.1) is 0 Å². The Morgan fingerprint density at radius 1 is 1.60 bits per heavy atom. The molecule has 6 nitrogen and oxygen atoms in total. The quantitative estimate of drug-likeness (QED) is 0.415. The van der Waals surface area contributed by atoms with E-state index in [1.807, 2.05) is 0 Å². The number of likely N-dealkylation sites (tertiary alicyclic amines) is 1. The molecule has 15 heavy (non-hydrogen) atoms. The Morgan fingerprint density at radius 3 is 2.40 bits per heavy atom. The van der Waals surface area contributed by atoms with Gasteiger partial charge in [0.05, 0.1) is 6.42 Å². The van der Waals surface area contributed by atoms with E-state index in [1.54, 1.807) is 0 Å². The fourth-order valence-corrected chi connectivity index (χ4v) is 2.06. The van der Waals surface area contributed by atoms with Gasteiger partial charge in [-0.05, 0) is 15.9 Å². The highest BCUT2D eigenvalue weighted by Gasteiger charge is 2.52. The first-order valence-electron chi connectivity index (χ1n) is 3.88. The molecular weight excluding hydrogens is 338 g/mol. The average molecular weight is 345 g/mol. The zero-order chi connectivity index (χ0) is 11.8. The summed E-state index contributed by atoms with van der Waals surface area (Å²) in [6.45, 7) is 0. The number of alkyl halides is 2. The molecule has 1 aliphatic heterocycles. The molecule has 0 saturated carbocycles. The van der Waals surface area contributed by atoms with Crippen LogP contribution >= 0.6 is 31.9 Å². The van der Waals surface area contributed by atoms with Gasteiger partial charge in [0.1, 0.15) is 6.10 Å². The van der Waals surface area contributed by atoms with Crippen molar-refractivity contribution in [2.45, 2.75) is 17.0 Å². The van der Waals surface area contributed by atoms with Gasteiger partial charge in [-0.25, -0.2) is 4.79 Å². The highest BCUT2D eigenvalue weighted by Crippen LogP contribution is 2.31. The van der Waals surface area contributed by atoms with Gasteiger partial charge >= 0.3 is 5.97 Å². The van der Waals surface area contributed by atoms with Crippen molar-refractivity contribution >= 4 is 49.6 Å². The van der Waals surface area contributed by atoms with Gasteiger partial charge < -0.3 is 10.2 Å². The van der Waals surface area contributed by atoms with Gasteiger partial charge in [-0.2, -0.15) is 0 Å². The van der Waals surface area contributed by atoms with E-state index in [4.69, 9.17) is 10.2 Å². The molecule has 2 atom stereocenters. The van der Waals surface area contributed by atoms with Crippen LogP contribution < -0.4 is 0 Å². The lowest BCUT2D eigenvalue weighted by Crippen LogP contribution is -2.54. The van der Waals surface area contributed by atoms with E-state index in [2.05, 4.69) is 31.9 Å². The zero-order valence-corrected chi connectivity index (χ0v) is 10.5. The molecule has 0 aromatic rings. The molecule has 2 amide bonds. The largest absolute Gasteiger partial charge is 0.479 e. The number of carboxylic acid groups (broad SMARTS) is 1. The summed E-state index contributed by atoms with van der Waals surface area (Å²) < 4.78 is -1.83.